The molecule has 0 aliphatic carbocycles. The molecule has 6 heteroatoms. The fourth-order valence-electron chi connectivity index (χ4n) is 2.95. The number of carbonyl (C=O) groups excluding carboxylic acids is 1. The van der Waals surface area contributed by atoms with Gasteiger partial charge in [-0.2, -0.15) is 0 Å². The number of nitrogens with zero attached hydrogens (tertiary/aromatic N) is 1. The Morgan fingerprint density at radius 3 is 2.67 bits per heavy atom. The molecule has 1 rings (SSSR count). The third-order valence-corrected chi connectivity index (χ3v) is 3.60. The highest BCUT2D eigenvalue weighted by Gasteiger charge is 2.29. The van der Waals surface area contributed by atoms with Crippen molar-refractivity contribution in [2.24, 2.45) is 11.8 Å². The van der Waals surface area contributed by atoms with Crippen molar-refractivity contribution >= 4 is 12.1 Å². The molecule has 1 saturated heterocycles. The lowest BCUT2D eigenvalue weighted by Crippen LogP contribution is -2.51. The summed E-state index contributed by atoms with van der Waals surface area (Å²) in [4.78, 5) is 24.6. The van der Waals surface area contributed by atoms with Gasteiger partial charge in [0.1, 0.15) is 0 Å². The second-order valence-electron chi connectivity index (χ2n) is 6.21. The second kappa shape index (κ2) is 8.87. The van der Waals surface area contributed by atoms with Gasteiger partial charge in [-0.3, -0.25) is 4.79 Å². The minimum atomic E-state index is -0.758. The van der Waals surface area contributed by atoms with Crippen molar-refractivity contribution in [3.05, 3.63) is 0 Å². The molecule has 1 heterocycles. The fourth-order valence-corrected chi connectivity index (χ4v) is 2.95. The maximum atomic E-state index is 11.6. The van der Waals surface area contributed by atoms with Crippen molar-refractivity contribution in [1.29, 1.82) is 0 Å². The molecule has 6 nitrogen and oxygen atoms in total. The number of hydrogen-bond donors (Lipinski definition) is 2. The van der Waals surface area contributed by atoms with Crippen LogP contribution in [0.5, 0.6) is 0 Å². The molecule has 122 valence electrons. The molecule has 0 aromatic carbocycles. The number of carboxylic acid groups (broad SMARTS) is 1. The molecule has 0 radical (unpaired) electrons. The van der Waals surface area contributed by atoms with E-state index in [4.69, 9.17) is 9.84 Å². The van der Waals surface area contributed by atoms with E-state index in [-0.39, 0.29) is 18.6 Å². The summed E-state index contributed by atoms with van der Waals surface area (Å²) in [6.07, 6.45) is 1.28. The quantitative estimate of drug-likeness (QED) is 0.751. The van der Waals surface area contributed by atoms with Gasteiger partial charge in [0, 0.05) is 32.1 Å². The molecule has 2 unspecified atom stereocenters. The molecule has 0 aromatic heterocycles. The van der Waals surface area contributed by atoms with Gasteiger partial charge in [-0.15, -0.1) is 0 Å². The monoisotopic (exact) mass is 300 g/mol. The van der Waals surface area contributed by atoms with Gasteiger partial charge in [0.15, 0.2) is 0 Å². The minimum absolute atomic E-state index is 0.0374. The first-order chi connectivity index (χ1) is 9.90. The first-order valence-electron chi connectivity index (χ1n) is 7.78. The molecular weight excluding hydrogens is 272 g/mol. The fraction of sp³-hybridized carbons (Fsp3) is 0.867. The Kier molecular flexibility index (Phi) is 7.50. The zero-order valence-corrected chi connectivity index (χ0v) is 13.3. The average Bonchev–Trinajstić information content (AvgIpc) is 2.35. The highest BCUT2D eigenvalue weighted by Crippen LogP contribution is 2.22. The number of piperidine rings is 1. The van der Waals surface area contributed by atoms with E-state index in [2.05, 4.69) is 24.1 Å². The Bertz CT molecular complexity index is 347. The Hall–Kier alpha value is -1.30. The average molecular weight is 300 g/mol. The predicted octanol–water partition coefficient (Wildman–Crippen LogP) is 1.94. The number of alkyl carbamates (subject to hydrolysis) is 1. The smallest absolute Gasteiger partial charge is 0.407 e. The Morgan fingerprint density at radius 1 is 1.38 bits per heavy atom. The van der Waals surface area contributed by atoms with E-state index in [0.717, 1.165) is 26.1 Å². The highest BCUT2D eigenvalue weighted by atomic mass is 16.5. The van der Waals surface area contributed by atoms with E-state index < -0.39 is 5.97 Å². The number of hydrogen-bond acceptors (Lipinski definition) is 4. The van der Waals surface area contributed by atoms with Gasteiger partial charge >= 0.3 is 12.1 Å². The molecule has 1 aliphatic heterocycles. The molecule has 2 N–H and O–H groups in total. The lowest BCUT2D eigenvalue weighted by Gasteiger charge is -2.38. The van der Waals surface area contributed by atoms with E-state index in [9.17, 15) is 9.59 Å². The number of nitrogens with one attached hydrogen (secondary N) is 1. The van der Waals surface area contributed by atoms with E-state index >= 15 is 0 Å². The van der Waals surface area contributed by atoms with Gasteiger partial charge in [0.25, 0.3) is 0 Å². The number of carbonyl (C=O) groups is 2. The van der Waals surface area contributed by atoms with Gasteiger partial charge in [-0.05, 0) is 31.6 Å². The summed E-state index contributed by atoms with van der Waals surface area (Å²) in [7, 11) is 0. The van der Waals surface area contributed by atoms with Crippen LogP contribution in [0.15, 0.2) is 0 Å². The topological polar surface area (TPSA) is 78.9 Å². The SMILES string of the molecule is CCOC(=O)NC1CC(CCC(=O)O)CN(CC(C)C)C1. The number of ether oxygens (including phenoxy) is 1. The van der Waals surface area contributed by atoms with Gasteiger partial charge in [0.2, 0.25) is 0 Å². The summed E-state index contributed by atoms with van der Waals surface area (Å²) < 4.78 is 4.93. The van der Waals surface area contributed by atoms with Crippen molar-refractivity contribution in [2.45, 2.75) is 46.1 Å². The van der Waals surface area contributed by atoms with Crippen molar-refractivity contribution in [3.63, 3.8) is 0 Å². The van der Waals surface area contributed by atoms with Crippen LogP contribution in [0.4, 0.5) is 4.79 Å². The maximum Gasteiger partial charge on any atom is 0.407 e. The van der Waals surface area contributed by atoms with E-state index in [0.29, 0.717) is 24.9 Å². The molecule has 0 saturated carbocycles. The molecule has 1 amide bonds. The number of amides is 1. The van der Waals surface area contributed by atoms with Crippen molar-refractivity contribution in [3.8, 4) is 0 Å². The van der Waals surface area contributed by atoms with E-state index in [1.807, 2.05) is 0 Å². The van der Waals surface area contributed by atoms with Crippen LogP contribution in [0.2, 0.25) is 0 Å². The van der Waals surface area contributed by atoms with Crippen LogP contribution in [0.25, 0.3) is 0 Å². The van der Waals surface area contributed by atoms with Crippen LogP contribution in [0.1, 0.15) is 40.0 Å². The summed E-state index contributed by atoms with van der Waals surface area (Å²) in [5.74, 6) is 0.0953. The third-order valence-electron chi connectivity index (χ3n) is 3.60. The number of aliphatic carboxylic acids is 1. The normalized spacial score (nSPS) is 23.0. The van der Waals surface area contributed by atoms with E-state index in [1.165, 1.54) is 0 Å². The summed E-state index contributed by atoms with van der Waals surface area (Å²) >= 11 is 0. The Labute approximate surface area is 126 Å². The van der Waals surface area contributed by atoms with Crippen LogP contribution in [-0.2, 0) is 9.53 Å². The van der Waals surface area contributed by atoms with E-state index in [1.54, 1.807) is 6.92 Å². The number of carboxylic acids is 1. The maximum absolute atomic E-state index is 11.6. The summed E-state index contributed by atoms with van der Waals surface area (Å²) in [6, 6.07) is 0.0374. The molecule has 0 aromatic rings. The Balaban J connectivity index is 2.56. The first-order valence-corrected chi connectivity index (χ1v) is 7.78. The van der Waals surface area contributed by atoms with Gasteiger partial charge < -0.3 is 20.1 Å². The van der Waals surface area contributed by atoms with Crippen molar-refractivity contribution in [1.82, 2.24) is 10.2 Å². The van der Waals surface area contributed by atoms with Gasteiger partial charge in [0.05, 0.1) is 6.61 Å². The zero-order valence-electron chi connectivity index (χ0n) is 13.3. The van der Waals surface area contributed by atoms with Gasteiger partial charge in [-0.1, -0.05) is 13.8 Å². The lowest BCUT2D eigenvalue weighted by atomic mass is 9.90. The van der Waals surface area contributed by atoms with Crippen LogP contribution in [0.3, 0.4) is 0 Å². The highest BCUT2D eigenvalue weighted by molar-refractivity contribution is 5.67. The predicted molar refractivity (Wildman–Crippen MR) is 80.2 cm³/mol. The molecule has 1 aliphatic rings. The van der Waals surface area contributed by atoms with Crippen molar-refractivity contribution in [2.75, 3.05) is 26.2 Å². The molecule has 0 spiro atoms. The largest absolute Gasteiger partial charge is 0.481 e. The summed E-state index contributed by atoms with van der Waals surface area (Å²) in [6.45, 7) is 9.14. The van der Waals surface area contributed by atoms with Crippen LogP contribution >= 0.6 is 0 Å². The van der Waals surface area contributed by atoms with Crippen LogP contribution in [0, 0.1) is 11.8 Å². The third kappa shape index (κ3) is 7.32. The molecule has 0 bridgehead atoms. The first kappa shape index (κ1) is 17.8. The Morgan fingerprint density at radius 2 is 2.10 bits per heavy atom. The molecular formula is C15H28N2O4. The second-order valence-corrected chi connectivity index (χ2v) is 6.21. The summed E-state index contributed by atoms with van der Waals surface area (Å²) in [5.41, 5.74) is 0. The molecule has 2 atom stereocenters. The standard InChI is InChI=1S/C15H28N2O4/c1-4-21-15(20)16-13-7-12(5-6-14(18)19)9-17(10-13)8-11(2)3/h11-13H,4-10H2,1-3H3,(H,16,20)(H,18,19). The van der Waals surface area contributed by atoms with Crippen LogP contribution in [-0.4, -0.2) is 54.4 Å². The summed E-state index contributed by atoms with van der Waals surface area (Å²) in [5, 5.41) is 11.7. The molecule has 1 fully saturated rings. The van der Waals surface area contributed by atoms with Gasteiger partial charge in [-0.25, -0.2) is 4.79 Å². The van der Waals surface area contributed by atoms with Crippen molar-refractivity contribution < 1.29 is 19.4 Å². The number of rotatable bonds is 7. The minimum Gasteiger partial charge on any atom is -0.481 e. The number of likely N-dealkylation sites (tertiary alicyclic amines) is 1. The van der Waals surface area contributed by atoms with Crippen LogP contribution < -0.4 is 5.32 Å². The molecule has 21 heavy (non-hydrogen) atoms. The lowest BCUT2D eigenvalue weighted by molar-refractivity contribution is -0.137. The zero-order chi connectivity index (χ0) is 15.8.